The normalized spacial score (nSPS) is 17.7. The Hall–Kier alpha value is -3.34. The molecule has 0 radical (unpaired) electrons. The van der Waals surface area contributed by atoms with Crippen LogP contribution in [0.15, 0.2) is 72.4 Å². The second-order valence-electron chi connectivity index (χ2n) is 8.67. The highest BCUT2D eigenvalue weighted by Crippen LogP contribution is 2.40. The Morgan fingerprint density at radius 3 is 2.53 bits per heavy atom. The maximum absolute atomic E-state index is 14.9. The predicted molar refractivity (Wildman–Crippen MR) is 138 cm³/mol. The average molecular weight is 582 g/mol. The van der Waals surface area contributed by atoms with Crippen molar-refractivity contribution in [1.29, 1.82) is 0 Å². The van der Waals surface area contributed by atoms with E-state index in [1.54, 1.807) is 23.4 Å². The fourth-order valence-corrected chi connectivity index (χ4v) is 5.75. The van der Waals surface area contributed by atoms with E-state index in [1.807, 2.05) is 13.0 Å². The highest BCUT2D eigenvalue weighted by molar-refractivity contribution is 7.15. The SMILES string of the molecule is CC1=CC=CN2C(=O)C(c3cc(F)cc(-c4ccc(C(F)(F)F)cc4Cl)c3)=C(O)N(Cc3cnc(Cl)s3)C12. The van der Waals surface area contributed by atoms with Crippen LogP contribution in [-0.2, 0) is 17.5 Å². The lowest BCUT2D eigenvalue weighted by molar-refractivity contribution is -0.137. The molecule has 0 bridgehead atoms. The lowest BCUT2D eigenvalue weighted by Gasteiger charge is -2.44. The molecule has 1 aromatic heterocycles. The molecule has 2 aliphatic heterocycles. The van der Waals surface area contributed by atoms with Crippen LogP contribution < -0.4 is 0 Å². The van der Waals surface area contributed by atoms with Gasteiger partial charge in [0.2, 0.25) is 5.88 Å². The number of carbonyl (C=O) groups excluding carboxylic acids is 1. The number of aromatic nitrogens is 1. The van der Waals surface area contributed by atoms with Crippen molar-refractivity contribution in [3.63, 3.8) is 0 Å². The molecular weight excluding hydrogens is 565 g/mol. The number of halogens is 6. The van der Waals surface area contributed by atoms with Crippen LogP contribution in [0, 0.1) is 5.82 Å². The van der Waals surface area contributed by atoms with E-state index in [2.05, 4.69) is 4.98 Å². The van der Waals surface area contributed by atoms with Crippen molar-refractivity contribution in [1.82, 2.24) is 14.8 Å². The van der Waals surface area contributed by atoms with Gasteiger partial charge >= 0.3 is 6.18 Å². The monoisotopic (exact) mass is 581 g/mol. The molecule has 3 heterocycles. The highest BCUT2D eigenvalue weighted by Gasteiger charge is 2.41. The lowest BCUT2D eigenvalue weighted by atomic mass is 9.94. The zero-order chi connectivity index (χ0) is 27.4. The molecule has 0 saturated heterocycles. The van der Waals surface area contributed by atoms with Gasteiger partial charge in [-0.15, -0.1) is 11.3 Å². The van der Waals surface area contributed by atoms with Crippen molar-refractivity contribution in [2.45, 2.75) is 25.8 Å². The number of rotatable bonds is 4. The molecule has 1 atom stereocenters. The van der Waals surface area contributed by atoms with Crippen LogP contribution in [0.3, 0.4) is 0 Å². The third-order valence-corrected chi connectivity index (χ3v) is 7.57. The molecule has 2 aromatic carbocycles. The van der Waals surface area contributed by atoms with E-state index in [-0.39, 0.29) is 39.7 Å². The van der Waals surface area contributed by atoms with Crippen LogP contribution in [0.4, 0.5) is 17.6 Å². The molecule has 5 rings (SSSR count). The number of nitrogens with zero attached hydrogens (tertiary/aromatic N) is 3. The number of benzene rings is 2. The number of alkyl halides is 3. The fourth-order valence-electron chi connectivity index (χ4n) is 4.49. The van der Waals surface area contributed by atoms with Gasteiger partial charge in [0, 0.05) is 27.9 Å². The summed E-state index contributed by atoms with van der Waals surface area (Å²) < 4.78 is 54.5. The average Bonchev–Trinajstić information content (AvgIpc) is 3.25. The van der Waals surface area contributed by atoms with Crippen LogP contribution in [-0.4, -0.2) is 32.0 Å². The molecule has 196 valence electrons. The number of carbonyl (C=O) groups is 1. The van der Waals surface area contributed by atoms with Crippen molar-refractivity contribution in [2.24, 2.45) is 0 Å². The van der Waals surface area contributed by atoms with Crippen LogP contribution in [0.2, 0.25) is 9.49 Å². The van der Waals surface area contributed by atoms with Crippen molar-refractivity contribution in [2.75, 3.05) is 0 Å². The largest absolute Gasteiger partial charge is 0.494 e. The van der Waals surface area contributed by atoms with Gasteiger partial charge in [-0.1, -0.05) is 35.3 Å². The van der Waals surface area contributed by atoms with Gasteiger partial charge in [-0.3, -0.25) is 9.69 Å². The lowest BCUT2D eigenvalue weighted by Crippen LogP contribution is -2.53. The van der Waals surface area contributed by atoms with Gasteiger partial charge in [0.1, 0.15) is 17.6 Å². The summed E-state index contributed by atoms with van der Waals surface area (Å²) in [7, 11) is 0. The topological polar surface area (TPSA) is 56.7 Å². The molecule has 3 aromatic rings. The van der Waals surface area contributed by atoms with E-state index in [4.69, 9.17) is 23.2 Å². The minimum absolute atomic E-state index is 0.0323. The number of aliphatic hydroxyl groups is 1. The first-order chi connectivity index (χ1) is 17.9. The summed E-state index contributed by atoms with van der Waals surface area (Å²) in [6.45, 7) is 1.96. The molecule has 1 N–H and O–H groups in total. The molecule has 0 fully saturated rings. The van der Waals surface area contributed by atoms with E-state index >= 15 is 0 Å². The molecule has 2 aliphatic rings. The first kappa shape index (κ1) is 26.3. The zero-order valence-electron chi connectivity index (χ0n) is 19.4. The molecule has 5 nitrogen and oxygen atoms in total. The summed E-state index contributed by atoms with van der Waals surface area (Å²) in [5, 5.41) is 11.2. The van der Waals surface area contributed by atoms with Crippen molar-refractivity contribution in [3.05, 3.63) is 104 Å². The number of fused-ring (bicyclic) bond motifs is 1. The van der Waals surface area contributed by atoms with Crippen LogP contribution in [0.1, 0.15) is 22.9 Å². The van der Waals surface area contributed by atoms with Crippen LogP contribution >= 0.6 is 34.5 Å². The quantitative estimate of drug-likeness (QED) is 0.321. The molecule has 1 amide bonds. The number of allylic oxidation sites excluding steroid dienone is 2. The Morgan fingerprint density at radius 2 is 1.87 bits per heavy atom. The smallest absolute Gasteiger partial charge is 0.416 e. The van der Waals surface area contributed by atoms with Crippen LogP contribution in [0.25, 0.3) is 16.7 Å². The Bertz CT molecular complexity index is 1550. The Labute approximate surface area is 228 Å². The molecule has 12 heteroatoms. The minimum Gasteiger partial charge on any atom is -0.494 e. The summed E-state index contributed by atoms with van der Waals surface area (Å²) in [6, 6.07) is 6.30. The fraction of sp³-hybridized carbons (Fsp3) is 0.154. The van der Waals surface area contributed by atoms with Crippen molar-refractivity contribution < 1.29 is 27.5 Å². The Kier molecular flexibility index (Phi) is 6.75. The maximum atomic E-state index is 14.9. The van der Waals surface area contributed by atoms with E-state index in [0.29, 0.717) is 9.34 Å². The second kappa shape index (κ2) is 9.76. The number of aliphatic hydroxyl groups excluding tert-OH is 1. The Morgan fingerprint density at radius 1 is 1.13 bits per heavy atom. The number of amides is 1. The maximum Gasteiger partial charge on any atom is 0.416 e. The van der Waals surface area contributed by atoms with Gasteiger partial charge < -0.3 is 10.0 Å². The summed E-state index contributed by atoms with van der Waals surface area (Å²) in [5.41, 5.74) is -0.0475. The van der Waals surface area contributed by atoms with Gasteiger partial charge in [0.15, 0.2) is 4.47 Å². The van der Waals surface area contributed by atoms with Crippen molar-refractivity contribution >= 4 is 46.0 Å². The molecule has 0 spiro atoms. The predicted octanol–water partition coefficient (Wildman–Crippen LogP) is 7.65. The molecule has 38 heavy (non-hydrogen) atoms. The van der Waals surface area contributed by atoms with E-state index in [9.17, 15) is 27.5 Å². The molecular formula is C26H17Cl2F4N3O2S. The molecule has 0 saturated carbocycles. The summed E-state index contributed by atoms with van der Waals surface area (Å²) in [4.78, 5) is 21.3. The van der Waals surface area contributed by atoms with Gasteiger partial charge in [-0.25, -0.2) is 9.37 Å². The number of hydrogen-bond donors (Lipinski definition) is 1. The highest BCUT2D eigenvalue weighted by atomic mass is 35.5. The summed E-state index contributed by atoms with van der Waals surface area (Å²) in [6.07, 6.45) is 1.38. The van der Waals surface area contributed by atoms with E-state index in [0.717, 1.165) is 35.9 Å². The number of hydrogen-bond acceptors (Lipinski definition) is 5. The number of thiazole rings is 1. The second-order valence-corrected chi connectivity index (χ2v) is 10.8. The van der Waals surface area contributed by atoms with E-state index < -0.39 is 29.6 Å². The summed E-state index contributed by atoms with van der Waals surface area (Å²) in [5.74, 6) is -1.74. The summed E-state index contributed by atoms with van der Waals surface area (Å²) >= 11 is 13.3. The standard InChI is InChI=1S/C26H17Cl2F4N3O2S/c1-13-3-2-6-34-22(13)35(12-18-11-33-25(28)38-18)24(37)21(23(34)36)15-7-14(8-17(29)9-15)19-5-4-16(10-20(19)27)26(30,31)32/h2-11,22,37H,12H2,1H3. The third kappa shape index (κ3) is 4.79. The zero-order valence-corrected chi connectivity index (χ0v) is 21.8. The van der Waals surface area contributed by atoms with Crippen molar-refractivity contribution in [3.8, 4) is 11.1 Å². The van der Waals surface area contributed by atoms with Crippen LogP contribution in [0.5, 0.6) is 0 Å². The molecule has 1 unspecified atom stereocenters. The van der Waals surface area contributed by atoms with E-state index in [1.165, 1.54) is 22.3 Å². The minimum atomic E-state index is -4.60. The molecule has 0 aliphatic carbocycles. The Balaban J connectivity index is 1.63. The third-order valence-electron chi connectivity index (χ3n) is 6.16. The van der Waals surface area contributed by atoms with Gasteiger partial charge in [0.25, 0.3) is 5.91 Å². The van der Waals surface area contributed by atoms with Gasteiger partial charge in [0.05, 0.1) is 12.1 Å². The van der Waals surface area contributed by atoms with Gasteiger partial charge in [-0.2, -0.15) is 13.2 Å². The first-order valence-corrected chi connectivity index (χ1v) is 12.7. The van der Waals surface area contributed by atoms with Gasteiger partial charge in [-0.05, 0) is 60.0 Å². The first-order valence-electron chi connectivity index (χ1n) is 11.1.